The Bertz CT molecular complexity index is 1220. The van der Waals surface area contributed by atoms with E-state index in [1.807, 2.05) is 36.4 Å². The van der Waals surface area contributed by atoms with Gasteiger partial charge < -0.3 is 25.0 Å². The molecule has 0 aliphatic carbocycles. The van der Waals surface area contributed by atoms with E-state index in [9.17, 15) is 5.11 Å². The number of nitrogens with zero attached hydrogens (tertiary/aromatic N) is 3. The lowest BCUT2D eigenvalue weighted by Crippen LogP contribution is -2.31. The van der Waals surface area contributed by atoms with Gasteiger partial charge in [0.2, 0.25) is 0 Å². The Morgan fingerprint density at radius 1 is 1.09 bits per heavy atom. The number of rotatable bonds is 8. The first-order valence-electron chi connectivity index (χ1n) is 11.8. The second kappa shape index (κ2) is 9.77. The zero-order chi connectivity index (χ0) is 22.6. The van der Waals surface area contributed by atoms with E-state index in [-0.39, 0.29) is 11.9 Å². The Kier molecular flexibility index (Phi) is 6.41. The number of anilines is 1. The highest BCUT2D eigenvalue weighted by molar-refractivity contribution is 6.11. The van der Waals surface area contributed by atoms with E-state index in [2.05, 4.69) is 15.2 Å². The summed E-state index contributed by atoms with van der Waals surface area (Å²) < 4.78 is 5.81. The van der Waals surface area contributed by atoms with Gasteiger partial charge in [-0.3, -0.25) is 0 Å². The van der Waals surface area contributed by atoms with Crippen molar-refractivity contribution in [3.05, 3.63) is 59.9 Å². The van der Waals surface area contributed by atoms with Crippen LogP contribution in [0.4, 0.5) is 5.82 Å². The Labute approximate surface area is 193 Å². The van der Waals surface area contributed by atoms with Crippen LogP contribution in [0.25, 0.3) is 21.9 Å². The maximum absolute atomic E-state index is 9.96. The van der Waals surface area contributed by atoms with Crippen molar-refractivity contribution in [3.8, 4) is 5.75 Å². The number of ether oxygens (including phenoxy) is 1. The van der Waals surface area contributed by atoms with Gasteiger partial charge in [-0.15, -0.1) is 0 Å². The summed E-state index contributed by atoms with van der Waals surface area (Å²) in [4.78, 5) is 15.7. The number of aromatic hydroxyl groups is 1. The maximum Gasteiger partial charge on any atom is 0.166 e. The number of benzene rings is 2. The molecule has 1 aliphatic rings. The van der Waals surface area contributed by atoms with Crippen LogP contribution in [0.3, 0.4) is 0 Å². The minimum atomic E-state index is -0.371. The summed E-state index contributed by atoms with van der Waals surface area (Å²) in [6.07, 6.45) is 4.65. The summed E-state index contributed by atoms with van der Waals surface area (Å²) >= 11 is 0. The number of piperidine rings is 1. The number of likely N-dealkylation sites (tertiary alicyclic amines) is 1. The Balaban J connectivity index is 1.48. The van der Waals surface area contributed by atoms with E-state index in [4.69, 9.17) is 14.7 Å². The summed E-state index contributed by atoms with van der Waals surface area (Å²) in [6, 6.07) is 15.4. The molecule has 7 heteroatoms. The lowest BCUT2D eigenvalue weighted by Gasteiger charge is -2.26. The largest absolute Gasteiger partial charge is 0.508 e. The third-order valence-electron chi connectivity index (χ3n) is 6.42. The first-order valence-corrected chi connectivity index (χ1v) is 11.8. The predicted octanol–water partition coefficient (Wildman–Crippen LogP) is 4.84. The van der Waals surface area contributed by atoms with Crippen molar-refractivity contribution in [1.29, 1.82) is 0 Å². The minimum absolute atomic E-state index is 0.220. The van der Waals surface area contributed by atoms with E-state index < -0.39 is 0 Å². The van der Waals surface area contributed by atoms with E-state index in [0.29, 0.717) is 5.82 Å². The Morgan fingerprint density at radius 3 is 2.70 bits per heavy atom. The number of fused-ring (bicyclic) bond motifs is 3. The van der Waals surface area contributed by atoms with Crippen molar-refractivity contribution in [2.75, 3.05) is 38.6 Å². The zero-order valence-electron chi connectivity index (χ0n) is 19.1. The van der Waals surface area contributed by atoms with Crippen LogP contribution in [0, 0.1) is 0 Å². The molecule has 1 atom stereocenters. The highest BCUT2D eigenvalue weighted by Crippen LogP contribution is 2.33. The number of phenolic OH excluding ortho intramolecular Hbond substituents is 1. The van der Waals surface area contributed by atoms with Gasteiger partial charge in [-0.1, -0.05) is 36.8 Å². The fourth-order valence-electron chi connectivity index (χ4n) is 4.76. The van der Waals surface area contributed by atoms with Crippen LogP contribution in [-0.4, -0.2) is 58.2 Å². The molecule has 3 heterocycles. The van der Waals surface area contributed by atoms with Gasteiger partial charge in [0.25, 0.3) is 0 Å². The lowest BCUT2D eigenvalue weighted by molar-refractivity contribution is 0.129. The van der Waals surface area contributed by atoms with Gasteiger partial charge in [0.15, 0.2) is 5.82 Å². The van der Waals surface area contributed by atoms with Gasteiger partial charge in [-0.05, 0) is 56.6 Å². The molecule has 0 bridgehead atoms. The number of aromatic amines is 1. The molecule has 5 rings (SSSR count). The quantitative estimate of drug-likeness (QED) is 0.337. The predicted molar refractivity (Wildman–Crippen MR) is 132 cm³/mol. The highest BCUT2D eigenvalue weighted by atomic mass is 16.5. The van der Waals surface area contributed by atoms with Crippen LogP contribution in [-0.2, 0) is 4.74 Å². The molecule has 1 unspecified atom stereocenters. The van der Waals surface area contributed by atoms with Gasteiger partial charge in [-0.25, -0.2) is 9.97 Å². The van der Waals surface area contributed by atoms with Crippen LogP contribution in [0.1, 0.15) is 43.2 Å². The van der Waals surface area contributed by atoms with Crippen molar-refractivity contribution >= 4 is 27.8 Å². The number of hydrogen-bond acceptors (Lipinski definition) is 6. The van der Waals surface area contributed by atoms with Gasteiger partial charge in [-0.2, -0.15) is 0 Å². The molecule has 0 spiro atoms. The van der Waals surface area contributed by atoms with Gasteiger partial charge >= 0.3 is 0 Å². The monoisotopic (exact) mass is 445 g/mol. The second-order valence-electron chi connectivity index (χ2n) is 8.72. The molecule has 1 fully saturated rings. The van der Waals surface area contributed by atoms with Crippen LogP contribution >= 0.6 is 0 Å². The number of phenols is 1. The van der Waals surface area contributed by atoms with Crippen molar-refractivity contribution in [3.63, 3.8) is 0 Å². The fourth-order valence-corrected chi connectivity index (χ4v) is 4.76. The second-order valence-corrected chi connectivity index (χ2v) is 8.72. The number of nitrogens with one attached hydrogen (secondary N) is 2. The number of H-pyrrole nitrogens is 1. The molecule has 4 aromatic rings. The molecule has 3 N–H and O–H groups in total. The molecular weight excluding hydrogens is 414 g/mol. The average molecular weight is 446 g/mol. The molecule has 172 valence electrons. The first kappa shape index (κ1) is 21.7. The topological polar surface area (TPSA) is 86.3 Å². The summed E-state index contributed by atoms with van der Waals surface area (Å²) in [7, 11) is 1.68. The van der Waals surface area contributed by atoms with Crippen LogP contribution in [0.15, 0.2) is 48.5 Å². The van der Waals surface area contributed by atoms with Crippen LogP contribution in [0.2, 0.25) is 0 Å². The molecule has 2 aromatic heterocycles. The molecule has 1 aliphatic heterocycles. The third-order valence-corrected chi connectivity index (χ3v) is 6.42. The smallest absolute Gasteiger partial charge is 0.166 e. The van der Waals surface area contributed by atoms with Crippen molar-refractivity contribution in [1.82, 2.24) is 19.9 Å². The van der Waals surface area contributed by atoms with E-state index in [1.165, 1.54) is 32.4 Å². The zero-order valence-corrected chi connectivity index (χ0v) is 19.1. The van der Waals surface area contributed by atoms with Gasteiger partial charge in [0.05, 0.1) is 10.9 Å². The Morgan fingerprint density at radius 2 is 1.91 bits per heavy atom. The van der Waals surface area contributed by atoms with Crippen molar-refractivity contribution in [2.24, 2.45) is 0 Å². The summed E-state index contributed by atoms with van der Waals surface area (Å²) in [5.74, 6) is 1.62. The highest BCUT2D eigenvalue weighted by Gasteiger charge is 2.21. The molecule has 0 saturated carbocycles. The lowest BCUT2D eigenvalue weighted by atomic mass is 10.1. The molecular formula is C26H31N5O2. The first-order chi connectivity index (χ1) is 16.2. The van der Waals surface area contributed by atoms with Crippen LogP contribution in [0.5, 0.6) is 5.75 Å². The minimum Gasteiger partial charge on any atom is -0.508 e. The molecule has 1 saturated heterocycles. The van der Waals surface area contributed by atoms with Crippen molar-refractivity contribution in [2.45, 2.75) is 31.8 Å². The van der Waals surface area contributed by atoms with Crippen molar-refractivity contribution < 1.29 is 9.84 Å². The third kappa shape index (κ3) is 4.65. The average Bonchev–Trinajstić information content (AvgIpc) is 3.21. The van der Waals surface area contributed by atoms with E-state index >= 15 is 0 Å². The molecule has 33 heavy (non-hydrogen) atoms. The summed E-state index contributed by atoms with van der Waals surface area (Å²) in [6.45, 7) is 4.34. The summed E-state index contributed by atoms with van der Waals surface area (Å²) in [5.41, 5.74) is 2.57. The Hall–Kier alpha value is -3.16. The maximum atomic E-state index is 9.96. The van der Waals surface area contributed by atoms with E-state index in [1.54, 1.807) is 19.2 Å². The standard InChI is InChI=1S/C26H31N5O2/c1-33-23(18-9-4-2-5-10-18)26-29-24(27-13-8-16-31-14-6-3-7-15-31)22-20-12-11-19(32)17-21(20)28-25(22)30-26/h2,4-5,9-12,17,23,32H,3,6-8,13-16H2,1H3,(H2,27,28,29,30). The van der Waals surface area contributed by atoms with Gasteiger partial charge in [0.1, 0.15) is 23.3 Å². The molecule has 7 nitrogen and oxygen atoms in total. The normalized spacial score (nSPS) is 15.8. The SMILES string of the molecule is COC(c1ccccc1)c1nc(NCCCN2CCCCC2)c2c(n1)[nH]c1cc(O)ccc12. The van der Waals surface area contributed by atoms with Crippen LogP contribution < -0.4 is 5.32 Å². The number of hydrogen-bond donors (Lipinski definition) is 3. The van der Waals surface area contributed by atoms with E-state index in [0.717, 1.165) is 52.8 Å². The molecule has 0 radical (unpaired) electrons. The number of aromatic nitrogens is 3. The number of methoxy groups -OCH3 is 1. The fraction of sp³-hybridized carbons (Fsp3) is 0.385. The summed E-state index contributed by atoms with van der Waals surface area (Å²) in [5, 5.41) is 15.5. The van der Waals surface area contributed by atoms with Gasteiger partial charge in [0, 0.05) is 25.1 Å². The molecule has 0 amide bonds. The molecule has 2 aromatic carbocycles.